The quantitative estimate of drug-likeness (QED) is 0.888. The highest BCUT2D eigenvalue weighted by Gasteiger charge is 2.14. The van der Waals surface area contributed by atoms with E-state index in [2.05, 4.69) is 10.3 Å². The van der Waals surface area contributed by atoms with Gasteiger partial charge in [0, 0.05) is 17.4 Å². The molecule has 6 heteroatoms. The van der Waals surface area contributed by atoms with Crippen LogP contribution in [0.4, 0.5) is 0 Å². The number of carbonyl (C=O) groups excluding carboxylic acids is 1. The number of hydrogen-bond acceptors (Lipinski definition) is 5. The summed E-state index contributed by atoms with van der Waals surface area (Å²) in [6, 6.07) is 4.50. The molecule has 1 aliphatic heterocycles. The number of amidine groups is 1. The molecule has 1 amide bonds. The van der Waals surface area contributed by atoms with Crippen LogP contribution in [0.25, 0.3) is 0 Å². The summed E-state index contributed by atoms with van der Waals surface area (Å²) in [6.07, 6.45) is -0.0209. The molecule has 0 atom stereocenters. The van der Waals surface area contributed by atoms with Crippen molar-refractivity contribution in [1.82, 2.24) is 5.32 Å². The van der Waals surface area contributed by atoms with E-state index >= 15 is 0 Å². The van der Waals surface area contributed by atoms with Crippen LogP contribution in [0.5, 0.6) is 11.5 Å². The molecule has 0 radical (unpaired) electrons. The molecular weight excluding hydrogens is 264 g/mol. The average Bonchev–Trinajstić information content (AvgIpc) is 2.80. The van der Waals surface area contributed by atoms with Crippen LogP contribution in [-0.4, -0.2) is 34.6 Å². The molecular formula is C13H16N2O3S. The van der Waals surface area contributed by atoms with Gasteiger partial charge in [0.1, 0.15) is 11.5 Å². The van der Waals surface area contributed by atoms with Gasteiger partial charge in [-0.1, -0.05) is 11.8 Å². The van der Waals surface area contributed by atoms with Crippen LogP contribution in [-0.2, 0) is 0 Å². The zero-order valence-electron chi connectivity index (χ0n) is 10.8. The van der Waals surface area contributed by atoms with Crippen LogP contribution in [0.2, 0.25) is 0 Å². The molecule has 2 N–H and O–H groups in total. The van der Waals surface area contributed by atoms with E-state index in [9.17, 15) is 9.90 Å². The van der Waals surface area contributed by atoms with Gasteiger partial charge in [-0.15, -0.1) is 0 Å². The number of phenols is 1. The number of carbonyl (C=O) groups is 1. The minimum absolute atomic E-state index is 0.00399. The maximum Gasteiger partial charge on any atom is 0.257 e. The lowest BCUT2D eigenvalue weighted by Crippen LogP contribution is -2.27. The second-order valence-electron chi connectivity index (χ2n) is 4.37. The summed E-state index contributed by atoms with van der Waals surface area (Å²) < 4.78 is 5.48. The van der Waals surface area contributed by atoms with Crippen LogP contribution in [0.15, 0.2) is 23.2 Å². The summed E-state index contributed by atoms with van der Waals surface area (Å²) in [5.41, 5.74) is 0.353. The third-order valence-electron chi connectivity index (χ3n) is 2.33. The van der Waals surface area contributed by atoms with Gasteiger partial charge in [-0.25, -0.2) is 0 Å². The van der Waals surface area contributed by atoms with Crippen molar-refractivity contribution in [2.75, 3.05) is 12.3 Å². The van der Waals surface area contributed by atoms with Crippen molar-refractivity contribution in [3.05, 3.63) is 23.8 Å². The minimum Gasteiger partial charge on any atom is -0.508 e. The van der Waals surface area contributed by atoms with Gasteiger partial charge in [0.05, 0.1) is 12.6 Å². The fourth-order valence-electron chi connectivity index (χ4n) is 1.63. The smallest absolute Gasteiger partial charge is 0.257 e. The molecule has 0 spiro atoms. The highest BCUT2D eigenvalue weighted by Crippen LogP contribution is 2.23. The summed E-state index contributed by atoms with van der Waals surface area (Å²) in [5, 5.41) is 13.0. The van der Waals surface area contributed by atoms with Crippen molar-refractivity contribution in [3.8, 4) is 11.5 Å². The molecule has 5 nitrogen and oxygen atoms in total. The zero-order valence-corrected chi connectivity index (χ0v) is 11.7. The molecule has 19 heavy (non-hydrogen) atoms. The number of nitrogens with zero attached hydrogens (tertiary/aromatic N) is 1. The summed E-state index contributed by atoms with van der Waals surface area (Å²) in [5.74, 6) is 1.07. The van der Waals surface area contributed by atoms with E-state index in [0.29, 0.717) is 16.5 Å². The number of rotatable bonds is 3. The van der Waals surface area contributed by atoms with Gasteiger partial charge >= 0.3 is 0 Å². The van der Waals surface area contributed by atoms with E-state index in [4.69, 9.17) is 4.74 Å². The van der Waals surface area contributed by atoms with Crippen LogP contribution in [0, 0.1) is 0 Å². The zero-order chi connectivity index (χ0) is 13.8. The maximum atomic E-state index is 12.0. The van der Waals surface area contributed by atoms with Gasteiger partial charge in [-0.2, -0.15) is 0 Å². The first kappa shape index (κ1) is 13.7. The van der Waals surface area contributed by atoms with E-state index < -0.39 is 0 Å². The summed E-state index contributed by atoms with van der Waals surface area (Å²) in [7, 11) is 0. The van der Waals surface area contributed by atoms with Gasteiger partial charge in [0.15, 0.2) is 5.17 Å². The van der Waals surface area contributed by atoms with Crippen molar-refractivity contribution in [3.63, 3.8) is 0 Å². The molecule has 0 unspecified atom stereocenters. The maximum absolute atomic E-state index is 12.0. The van der Waals surface area contributed by atoms with Crippen LogP contribution in [0.3, 0.4) is 0 Å². The molecule has 102 valence electrons. The Morgan fingerprint density at radius 1 is 1.47 bits per heavy atom. The third kappa shape index (κ3) is 3.89. The Morgan fingerprint density at radius 2 is 2.26 bits per heavy atom. The highest BCUT2D eigenvalue weighted by molar-refractivity contribution is 8.14. The minimum atomic E-state index is -0.294. The Hall–Kier alpha value is -1.69. The fourth-order valence-corrected chi connectivity index (χ4v) is 2.36. The van der Waals surface area contributed by atoms with Crippen LogP contribution < -0.4 is 10.1 Å². The number of benzene rings is 1. The fraction of sp³-hybridized carbons (Fsp3) is 0.385. The van der Waals surface area contributed by atoms with Gasteiger partial charge in [0.2, 0.25) is 0 Å². The Labute approximate surface area is 116 Å². The summed E-state index contributed by atoms with van der Waals surface area (Å²) >= 11 is 1.51. The summed E-state index contributed by atoms with van der Waals surface area (Å²) in [6.45, 7) is 4.49. The Morgan fingerprint density at radius 3 is 2.89 bits per heavy atom. The number of nitrogens with one attached hydrogen (secondary N) is 1. The number of thioether (sulfide) groups is 1. The molecule has 0 aromatic heterocycles. The molecule has 0 aliphatic carbocycles. The van der Waals surface area contributed by atoms with Gasteiger partial charge < -0.3 is 15.2 Å². The molecule has 0 saturated heterocycles. The average molecular weight is 280 g/mol. The number of phenolic OH excluding ortho intramolecular Hbond substituents is 1. The topological polar surface area (TPSA) is 70.9 Å². The van der Waals surface area contributed by atoms with E-state index in [1.807, 2.05) is 13.8 Å². The molecule has 1 aromatic rings. The predicted octanol–water partition coefficient (Wildman–Crippen LogP) is 2.01. The first-order valence-corrected chi connectivity index (χ1v) is 7.02. The SMILES string of the molecule is CC(C)Oc1cc(O)cc(C(=O)NC2=NCCS2)c1. The second-order valence-corrected chi connectivity index (χ2v) is 5.46. The molecule has 0 fully saturated rings. The lowest BCUT2D eigenvalue weighted by molar-refractivity contribution is 0.0976. The number of amides is 1. The van der Waals surface area contributed by atoms with Crippen molar-refractivity contribution in [2.45, 2.75) is 20.0 Å². The molecule has 1 heterocycles. The lowest BCUT2D eigenvalue weighted by atomic mass is 10.2. The van der Waals surface area contributed by atoms with Gasteiger partial charge in [-0.05, 0) is 26.0 Å². The monoisotopic (exact) mass is 280 g/mol. The Kier molecular flexibility index (Phi) is 4.31. The molecule has 1 aliphatic rings. The van der Waals surface area contributed by atoms with Crippen LogP contribution >= 0.6 is 11.8 Å². The Bertz CT molecular complexity index is 515. The van der Waals surface area contributed by atoms with Crippen LogP contribution in [0.1, 0.15) is 24.2 Å². The normalized spacial score (nSPS) is 14.4. The molecule has 1 aromatic carbocycles. The van der Waals surface area contributed by atoms with E-state index in [0.717, 1.165) is 12.3 Å². The number of aromatic hydroxyl groups is 1. The standard InChI is InChI=1S/C13H16N2O3S/c1-8(2)18-11-6-9(5-10(16)7-11)12(17)15-13-14-3-4-19-13/h5-8,16H,3-4H2,1-2H3,(H,14,15,17). The molecule has 0 bridgehead atoms. The van der Waals surface area contributed by atoms with E-state index in [-0.39, 0.29) is 17.8 Å². The lowest BCUT2D eigenvalue weighted by Gasteiger charge is -2.11. The third-order valence-corrected chi connectivity index (χ3v) is 3.22. The second kappa shape index (κ2) is 5.97. The number of hydrogen-bond donors (Lipinski definition) is 2. The van der Waals surface area contributed by atoms with Crippen molar-refractivity contribution < 1.29 is 14.6 Å². The number of ether oxygens (including phenoxy) is 1. The Balaban J connectivity index is 2.14. The largest absolute Gasteiger partial charge is 0.508 e. The van der Waals surface area contributed by atoms with Gasteiger partial charge in [-0.3, -0.25) is 9.79 Å². The molecule has 0 saturated carbocycles. The molecule has 2 rings (SSSR count). The highest BCUT2D eigenvalue weighted by atomic mass is 32.2. The summed E-state index contributed by atoms with van der Waals surface area (Å²) in [4.78, 5) is 16.2. The van der Waals surface area contributed by atoms with Gasteiger partial charge in [0.25, 0.3) is 5.91 Å². The predicted molar refractivity (Wildman–Crippen MR) is 76.1 cm³/mol. The van der Waals surface area contributed by atoms with Crippen molar-refractivity contribution in [1.29, 1.82) is 0 Å². The first-order valence-electron chi connectivity index (χ1n) is 6.04. The first-order chi connectivity index (χ1) is 9.04. The number of aliphatic imine (C=N–C) groups is 1. The van der Waals surface area contributed by atoms with E-state index in [1.54, 1.807) is 6.07 Å². The van der Waals surface area contributed by atoms with Crippen molar-refractivity contribution in [2.24, 2.45) is 4.99 Å². The van der Waals surface area contributed by atoms with Crippen molar-refractivity contribution >= 4 is 22.8 Å². The van der Waals surface area contributed by atoms with E-state index in [1.165, 1.54) is 23.9 Å².